The molecule has 0 radical (unpaired) electrons. The lowest BCUT2D eigenvalue weighted by molar-refractivity contribution is -0.118. The van der Waals surface area contributed by atoms with Gasteiger partial charge in [0.05, 0.1) is 11.4 Å². The molecule has 2 amide bonds. The van der Waals surface area contributed by atoms with Gasteiger partial charge in [-0.25, -0.2) is 14.7 Å². The van der Waals surface area contributed by atoms with E-state index in [4.69, 9.17) is 15.6 Å². The lowest BCUT2D eigenvalue weighted by Gasteiger charge is -2.19. The summed E-state index contributed by atoms with van der Waals surface area (Å²) < 4.78 is 29.6. The van der Waals surface area contributed by atoms with Gasteiger partial charge in [0.1, 0.15) is 12.6 Å². The van der Waals surface area contributed by atoms with Crippen LogP contribution in [0.25, 0.3) is 11.1 Å². The molecule has 1 heterocycles. The number of rotatable bonds is 12. The van der Waals surface area contributed by atoms with Crippen LogP contribution in [0, 0.1) is 0 Å². The molecule has 196 valence electrons. The Hall–Kier alpha value is -4.00. The summed E-state index contributed by atoms with van der Waals surface area (Å²) in [6, 6.07) is 17.1. The van der Waals surface area contributed by atoms with Gasteiger partial charge in [-0.3, -0.25) is 9.78 Å². The van der Waals surface area contributed by atoms with Gasteiger partial charge in [0.25, 0.3) is 10.2 Å². The number of amides is 2. The summed E-state index contributed by atoms with van der Waals surface area (Å²) in [6.45, 7) is 0.146. The second kappa shape index (κ2) is 13.3. The summed E-state index contributed by atoms with van der Waals surface area (Å²) >= 11 is 0. The molecular weight excluding hydrogens is 496 g/mol. The van der Waals surface area contributed by atoms with Crippen molar-refractivity contribution < 1.29 is 22.7 Å². The van der Waals surface area contributed by atoms with Gasteiger partial charge in [0, 0.05) is 18.9 Å². The molecule has 0 unspecified atom stereocenters. The van der Waals surface area contributed by atoms with Gasteiger partial charge in [-0.1, -0.05) is 36.4 Å². The van der Waals surface area contributed by atoms with Crippen molar-refractivity contribution in [3.05, 3.63) is 78.6 Å². The van der Waals surface area contributed by atoms with E-state index < -0.39 is 28.3 Å². The third-order valence-electron chi connectivity index (χ3n) is 5.37. The van der Waals surface area contributed by atoms with Crippen molar-refractivity contribution in [2.75, 3.05) is 17.6 Å². The molecule has 1 atom stereocenters. The Bertz CT molecular complexity index is 1290. The Balaban J connectivity index is 1.67. The number of hydrogen-bond acceptors (Lipinski definition) is 7. The second-order valence-electron chi connectivity index (χ2n) is 8.22. The number of nitrogens with two attached hydrogens (primary N) is 2. The highest BCUT2D eigenvalue weighted by molar-refractivity contribution is 7.87. The average molecular weight is 527 g/mol. The van der Waals surface area contributed by atoms with Gasteiger partial charge in [0.2, 0.25) is 5.91 Å². The molecule has 0 aliphatic rings. The lowest BCUT2D eigenvalue weighted by atomic mass is 10.0. The summed E-state index contributed by atoms with van der Waals surface area (Å²) in [7, 11) is -3.80. The number of carbonyl (C=O) groups excluding carboxylic acids is 2. The first kappa shape index (κ1) is 27.6. The molecule has 2 aromatic carbocycles. The van der Waals surface area contributed by atoms with Gasteiger partial charge in [-0.2, -0.15) is 8.42 Å². The van der Waals surface area contributed by atoms with Crippen LogP contribution < -0.4 is 26.2 Å². The van der Waals surface area contributed by atoms with Crippen molar-refractivity contribution in [2.24, 2.45) is 5.14 Å². The number of nitrogens with zero attached hydrogens (tertiary/aromatic N) is 1. The number of hydrogen-bond donors (Lipinski definition) is 5. The minimum absolute atomic E-state index is 0.0419. The number of benzene rings is 2. The van der Waals surface area contributed by atoms with E-state index in [1.54, 1.807) is 24.5 Å². The largest absolute Gasteiger partial charge is 0.445 e. The molecule has 12 heteroatoms. The molecule has 0 aliphatic carbocycles. The Morgan fingerprint density at radius 1 is 0.973 bits per heavy atom. The van der Waals surface area contributed by atoms with Gasteiger partial charge >= 0.3 is 6.09 Å². The highest BCUT2D eigenvalue weighted by Gasteiger charge is 2.22. The number of unbranched alkanes of at least 4 members (excludes halogenated alkanes) is 1. The molecule has 0 spiro atoms. The van der Waals surface area contributed by atoms with E-state index in [1.807, 2.05) is 48.5 Å². The number of pyridine rings is 1. The minimum atomic E-state index is -3.80. The normalized spacial score (nSPS) is 11.9. The Morgan fingerprint density at radius 2 is 1.70 bits per heavy atom. The maximum absolute atomic E-state index is 13.2. The zero-order valence-electron chi connectivity index (χ0n) is 20.1. The van der Waals surface area contributed by atoms with E-state index in [-0.39, 0.29) is 19.6 Å². The van der Waals surface area contributed by atoms with Gasteiger partial charge < -0.3 is 21.1 Å². The molecule has 0 fully saturated rings. The molecule has 0 bridgehead atoms. The quantitative estimate of drug-likeness (QED) is 0.178. The molecule has 1 aromatic heterocycles. The molecule has 37 heavy (non-hydrogen) atoms. The number of nitrogen functional groups attached to an aromatic ring is 1. The number of carbonyl (C=O) groups is 2. The smallest absolute Gasteiger partial charge is 0.408 e. The van der Waals surface area contributed by atoms with Crippen LogP contribution in [0.4, 0.5) is 16.2 Å². The van der Waals surface area contributed by atoms with Crippen molar-refractivity contribution in [3.8, 4) is 11.1 Å². The van der Waals surface area contributed by atoms with E-state index >= 15 is 0 Å². The van der Waals surface area contributed by atoms with E-state index in [0.717, 1.165) is 16.7 Å². The van der Waals surface area contributed by atoms with Crippen LogP contribution in [-0.4, -0.2) is 38.0 Å². The van der Waals surface area contributed by atoms with Crippen molar-refractivity contribution in [1.82, 2.24) is 15.0 Å². The first-order valence-corrected chi connectivity index (χ1v) is 13.1. The number of nitrogens with one attached hydrogen (secondary N) is 3. The van der Waals surface area contributed by atoms with E-state index in [0.29, 0.717) is 24.2 Å². The van der Waals surface area contributed by atoms with Crippen molar-refractivity contribution in [1.29, 1.82) is 0 Å². The second-order valence-corrected chi connectivity index (χ2v) is 9.60. The van der Waals surface area contributed by atoms with Gasteiger partial charge in [-0.05, 0) is 60.2 Å². The fourth-order valence-electron chi connectivity index (χ4n) is 3.47. The molecule has 3 rings (SSSR count). The van der Waals surface area contributed by atoms with Crippen molar-refractivity contribution >= 4 is 33.6 Å². The summed E-state index contributed by atoms with van der Waals surface area (Å²) in [4.78, 5) is 29.6. The summed E-state index contributed by atoms with van der Waals surface area (Å²) in [6.07, 6.45) is 3.62. The standard InChI is InChI=1S/C25H30N6O5S/c26-21-10-9-20(19-11-14-28-15-12-19)16-23(21)30-24(32)22(8-4-5-13-29-37(27,34)35)31-25(33)36-17-18-6-2-1-3-7-18/h1-3,6-7,9-12,14-16,22,29H,4-5,8,13,17,26H2,(H,30,32)(H,31,33)(H2,27,34,35)/t22-/m0/s1. The Morgan fingerprint density at radius 3 is 2.41 bits per heavy atom. The zero-order valence-corrected chi connectivity index (χ0v) is 20.9. The van der Waals surface area contributed by atoms with E-state index in [9.17, 15) is 18.0 Å². The topological polar surface area (TPSA) is 179 Å². The number of alkyl carbamates (subject to hydrolysis) is 1. The predicted octanol–water partition coefficient (Wildman–Crippen LogP) is 2.53. The Labute approximate surface area is 215 Å². The molecule has 0 saturated heterocycles. The van der Waals surface area contributed by atoms with Crippen molar-refractivity contribution in [2.45, 2.75) is 31.9 Å². The summed E-state index contributed by atoms with van der Waals surface area (Å²) in [5.74, 6) is -0.491. The van der Waals surface area contributed by atoms with Crippen LogP contribution in [-0.2, 0) is 26.3 Å². The first-order chi connectivity index (χ1) is 17.7. The maximum Gasteiger partial charge on any atom is 0.408 e. The van der Waals surface area contributed by atoms with Crippen molar-refractivity contribution in [3.63, 3.8) is 0 Å². The SMILES string of the molecule is Nc1ccc(-c2ccncc2)cc1NC(=O)[C@H](CCCCNS(N)(=O)=O)NC(=O)OCc1ccccc1. The van der Waals surface area contributed by atoms with Crippen LogP contribution in [0.15, 0.2) is 73.1 Å². The summed E-state index contributed by atoms with van der Waals surface area (Å²) in [5.41, 5.74) is 9.36. The average Bonchev–Trinajstić information content (AvgIpc) is 2.88. The van der Waals surface area contributed by atoms with Crippen LogP contribution in [0.3, 0.4) is 0 Å². The van der Waals surface area contributed by atoms with E-state index in [2.05, 4.69) is 20.3 Å². The number of aromatic nitrogens is 1. The maximum atomic E-state index is 13.2. The third-order valence-corrected chi connectivity index (χ3v) is 5.98. The van der Waals surface area contributed by atoms with Gasteiger partial charge in [0.15, 0.2) is 0 Å². The molecule has 0 saturated carbocycles. The number of anilines is 2. The van der Waals surface area contributed by atoms with Crippen LogP contribution in [0.1, 0.15) is 24.8 Å². The predicted molar refractivity (Wildman–Crippen MR) is 141 cm³/mol. The van der Waals surface area contributed by atoms with Gasteiger partial charge in [-0.15, -0.1) is 0 Å². The number of ether oxygens (including phenoxy) is 1. The zero-order chi connectivity index (χ0) is 26.7. The molecule has 0 aliphatic heterocycles. The molecule has 11 nitrogen and oxygen atoms in total. The Kier molecular flexibility index (Phi) is 9.95. The molecule has 3 aromatic rings. The van der Waals surface area contributed by atoms with E-state index in [1.165, 1.54) is 0 Å². The van der Waals surface area contributed by atoms with Crippen LogP contribution >= 0.6 is 0 Å². The fraction of sp³-hybridized carbons (Fsp3) is 0.240. The highest BCUT2D eigenvalue weighted by Crippen LogP contribution is 2.27. The fourth-order valence-corrected chi connectivity index (χ4v) is 3.90. The molecular formula is C25H30N6O5S. The summed E-state index contributed by atoms with van der Waals surface area (Å²) in [5, 5.41) is 10.3. The molecule has 7 N–H and O–H groups in total. The van der Waals surface area contributed by atoms with Crippen LogP contribution in [0.5, 0.6) is 0 Å². The van der Waals surface area contributed by atoms with Crippen LogP contribution in [0.2, 0.25) is 0 Å². The first-order valence-electron chi connectivity index (χ1n) is 11.6. The minimum Gasteiger partial charge on any atom is -0.445 e. The monoisotopic (exact) mass is 526 g/mol. The highest BCUT2D eigenvalue weighted by atomic mass is 32.2. The third kappa shape index (κ3) is 9.52. The lowest BCUT2D eigenvalue weighted by Crippen LogP contribution is -2.44.